The van der Waals surface area contributed by atoms with Crippen molar-refractivity contribution >= 4 is 11.6 Å². The minimum atomic E-state index is -0.211. The molecule has 0 aromatic heterocycles. The van der Waals surface area contributed by atoms with Crippen molar-refractivity contribution in [3.63, 3.8) is 0 Å². The molecule has 0 aliphatic carbocycles. The molecule has 0 saturated carbocycles. The van der Waals surface area contributed by atoms with Gasteiger partial charge in [-0.1, -0.05) is 5.11 Å². The summed E-state index contributed by atoms with van der Waals surface area (Å²) in [5.41, 5.74) is 9.07. The molecule has 0 fully saturated rings. The fourth-order valence-corrected chi connectivity index (χ4v) is 1.36. The van der Waals surface area contributed by atoms with Gasteiger partial charge in [0.25, 0.3) is 5.91 Å². The fourth-order valence-electron chi connectivity index (χ4n) is 1.36. The zero-order valence-electron chi connectivity index (χ0n) is 7.80. The van der Waals surface area contributed by atoms with E-state index in [1.165, 1.54) is 6.07 Å². The van der Waals surface area contributed by atoms with Crippen LogP contribution in [0.5, 0.6) is 5.75 Å². The molecular weight excluding hydrogens is 196 g/mol. The van der Waals surface area contributed by atoms with Gasteiger partial charge in [0.2, 0.25) is 0 Å². The maximum absolute atomic E-state index is 11.5. The van der Waals surface area contributed by atoms with Crippen LogP contribution >= 0.6 is 0 Å². The maximum atomic E-state index is 11.5. The third-order valence-corrected chi connectivity index (χ3v) is 2.01. The van der Waals surface area contributed by atoms with E-state index in [9.17, 15) is 4.79 Å². The summed E-state index contributed by atoms with van der Waals surface area (Å²) in [6, 6.07) is 4.75. The van der Waals surface area contributed by atoms with Gasteiger partial charge < -0.3 is 10.1 Å². The summed E-state index contributed by atoms with van der Waals surface area (Å²) in [5, 5.41) is 6.10. The van der Waals surface area contributed by atoms with E-state index in [4.69, 9.17) is 10.3 Å². The van der Waals surface area contributed by atoms with Gasteiger partial charge in [-0.25, -0.2) is 0 Å². The first-order chi connectivity index (χ1) is 7.31. The molecule has 1 amide bonds. The van der Waals surface area contributed by atoms with Crippen LogP contribution in [0.15, 0.2) is 23.3 Å². The smallest absolute Gasteiger partial charge is 0.255 e. The van der Waals surface area contributed by atoms with E-state index in [0.29, 0.717) is 30.2 Å². The van der Waals surface area contributed by atoms with Gasteiger partial charge in [-0.05, 0) is 23.7 Å². The van der Waals surface area contributed by atoms with E-state index < -0.39 is 0 Å². The minimum absolute atomic E-state index is 0.211. The monoisotopic (exact) mass is 204 g/mol. The molecule has 2 rings (SSSR count). The summed E-state index contributed by atoms with van der Waals surface area (Å²) in [6.07, 6.45) is 0. The molecule has 0 atom stereocenters. The molecule has 1 aliphatic rings. The molecule has 1 N–H and O–H groups in total. The van der Waals surface area contributed by atoms with Gasteiger partial charge in [-0.15, -0.1) is 0 Å². The average Bonchev–Trinajstić information content (AvgIpc) is 2.42. The van der Waals surface area contributed by atoms with Crippen LogP contribution in [0.1, 0.15) is 10.4 Å². The highest BCUT2D eigenvalue weighted by atomic mass is 16.5. The van der Waals surface area contributed by atoms with Crippen LogP contribution in [0.3, 0.4) is 0 Å². The second kappa shape index (κ2) is 3.89. The number of rotatable bonds is 1. The predicted molar refractivity (Wildman–Crippen MR) is 53.1 cm³/mol. The molecule has 76 valence electrons. The van der Waals surface area contributed by atoms with Crippen LogP contribution in [-0.4, -0.2) is 19.1 Å². The molecule has 0 bridgehead atoms. The number of amides is 1. The molecule has 1 heterocycles. The standard InChI is InChI=1S/C9H8N4O2/c10-13-12-6-1-2-8-7(5-6)9(14)11-3-4-15-8/h1-2,5H,3-4H2,(H,11,14). The number of carbonyl (C=O) groups is 1. The Hall–Kier alpha value is -2.20. The van der Waals surface area contributed by atoms with Crippen LogP contribution < -0.4 is 10.1 Å². The highest BCUT2D eigenvalue weighted by Crippen LogP contribution is 2.25. The molecule has 1 aromatic carbocycles. The molecule has 0 radical (unpaired) electrons. The largest absolute Gasteiger partial charge is 0.491 e. The number of benzene rings is 1. The Morgan fingerprint density at radius 3 is 3.20 bits per heavy atom. The van der Waals surface area contributed by atoms with Crippen molar-refractivity contribution in [1.29, 1.82) is 0 Å². The summed E-state index contributed by atoms with van der Waals surface area (Å²) < 4.78 is 5.33. The molecule has 0 spiro atoms. The van der Waals surface area contributed by atoms with Crippen molar-refractivity contribution in [2.75, 3.05) is 13.2 Å². The zero-order valence-corrected chi connectivity index (χ0v) is 7.80. The van der Waals surface area contributed by atoms with Gasteiger partial charge in [0.1, 0.15) is 12.4 Å². The van der Waals surface area contributed by atoms with Crippen LogP contribution in [-0.2, 0) is 0 Å². The minimum Gasteiger partial charge on any atom is -0.491 e. The van der Waals surface area contributed by atoms with Crippen molar-refractivity contribution in [2.45, 2.75) is 0 Å². The first-order valence-corrected chi connectivity index (χ1v) is 4.41. The van der Waals surface area contributed by atoms with Crippen LogP contribution in [0.2, 0.25) is 0 Å². The van der Waals surface area contributed by atoms with Crippen LogP contribution in [0, 0.1) is 0 Å². The first kappa shape index (κ1) is 9.36. The summed E-state index contributed by atoms with van der Waals surface area (Å²) in [4.78, 5) is 14.2. The molecule has 0 unspecified atom stereocenters. The topological polar surface area (TPSA) is 87.1 Å². The Morgan fingerprint density at radius 1 is 1.53 bits per heavy atom. The zero-order chi connectivity index (χ0) is 10.7. The van der Waals surface area contributed by atoms with Crippen molar-refractivity contribution in [3.8, 4) is 5.75 Å². The van der Waals surface area contributed by atoms with Gasteiger partial charge in [0.05, 0.1) is 12.1 Å². The molecule has 1 aromatic rings. The van der Waals surface area contributed by atoms with E-state index in [-0.39, 0.29) is 5.91 Å². The maximum Gasteiger partial charge on any atom is 0.255 e. The molecule has 15 heavy (non-hydrogen) atoms. The van der Waals surface area contributed by atoms with Gasteiger partial charge >= 0.3 is 0 Å². The summed E-state index contributed by atoms with van der Waals surface area (Å²) >= 11 is 0. The second-order valence-electron chi connectivity index (χ2n) is 2.97. The molecule has 0 saturated heterocycles. The van der Waals surface area contributed by atoms with Gasteiger partial charge in [0, 0.05) is 10.6 Å². The number of hydrogen-bond acceptors (Lipinski definition) is 3. The van der Waals surface area contributed by atoms with Crippen molar-refractivity contribution in [2.24, 2.45) is 5.11 Å². The lowest BCUT2D eigenvalue weighted by atomic mass is 10.1. The first-order valence-electron chi connectivity index (χ1n) is 4.41. The summed E-state index contributed by atoms with van der Waals surface area (Å²) in [6.45, 7) is 0.921. The van der Waals surface area contributed by atoms with E-state index in [0.717, 1.165) is 0 Å². The van der Waals surface area contributed by atoms with E-state index in [2.05, 4.69) is 15.3 Å². The second-order valence-corrected chi connectivity index (χ2v) is 2.97. The Bertz CT molecular complexity index is 451. The SMILES string of the molecule is [N-]=[N+]=Nc1ccc2c(c1)C(=O)NCCO2. The predicted octanol–water partition coefficient (Wildman–Crippen LogP) is 1.75. The molecule has 6 heteroatoms. The van der Waals surface area contributed by atoms with Gasteiger partial charge in [-0.3, -0.25) is 4.79 Å². The summed E-state index contributed by atoms with van der Waals surface area (Å²) in [5.74, 6) is 0.305. The molecule has 6 nitrogen and oxygen atoms in total. The Kier molecular flexibility index (Phi) is 2.43. The summed E-state index contributed by atoms with van der Waals surface area (Å²) in [7, 11) is 0. The number of nitrogens with one attached hydrogen (secondary N) is 1. The normalized spacial score (nSPS) is 14.0. The lowest BCUT2D eigenvalue weighted by Gasteiger charge is -2.04. The van der Waals surface area contributed by atoms with E-state index in [1.807, 2.05) is 0 Å². The van der Waals surface area contributed by atoms with Crippen LogP contribution in [0.4, 0.5) is 5.69 Å². The Labute approximate surface area is 85.5 Å². The lowest BCUT2D eigenvalue weighted by molar-refractivity contribution is 0.0957. The highest BCUT2D eigenvalue weighted by Gasteiger charge is 2.15. The van der Waals surface area contributed by atoms with E-state index in [1.54, 1.807) is 12.1 Å². The van der Waals surface area contributed by atoms with Crippen molar-refractivity contribution in [3.05, 3.63) is 34.2 Å². The van der Waals surface area contributed by atoms with Gasteiger partial charge in [0.15, 0.2) is 0 Å². The number of carbonyl (C=O) groups excluding carboxylic acids is 1. The Morgan fingerprint density at radius 2 is 2.40 bits per heavy atom. The number of azide groups is 1. The molecular formula is C9H8N4O2. The quantitative estimate of drug-likeness (QED) is 0.429. The van der Waals surface area contributed by atoms with E-state index >= 15 is 0 Å². The number of nitrogens with zero attached hydrogens (tertiary/aromatic N) is 3. The number of fused-ring (bicyclic) bond motifs is 1. The highest BCUT2D eigenvalue weighted by molar-refractivity contribution is 5.98. The third-order valence-electron chi connectivity index (χ3n) is 2.01. The third kappa shape index (κ3) is 1.84. The van der Waals surface area contributed by atoms with Gasteiger partial charge in [-0.2, -0.15) is 0 Å². The number of hydrogen-bond donors (Lipinski definition) is 1. The van der Waals surface area contributed by atoms with Crippen molar-refractivity contribution < 1.29 is 9.53 Å². The van der Waals surface area contributed by atoms with Crippen LogP contribution in [0.25, 0.3) is 10.4 Å². The fraction of sp³-hybridized carbons (Fsp3) is 0.222. The Balaban J connectivity index is 2.48. The lowest BCUT2D eigenvalue weighted by Crippen LogP contribution is -2.24. The van der Waals surface area contributed by atoms with Crippen molar-refractivity contribution in [1.82, 2.24) is 5.32 Å². The number of ether oxygens (including phenoxy) is 1. The molecule has 1 aliphatic heterocycles. The average molecular weight is 204 g/mol.